The number of thiophene rings is 1. The zero-order valence-electron chi connectivity index (χ0n) is 7.86. The van der Waals surface area contributed by atoms with Crippen LogP contribution in [0.4, 0.5) is 0 Å². The fourth-order valence-electron chi connectivity index (χ4n) is 1.06. The summed E-state index contributed by atoms with van der Waals surface area (Å²) in [6.07, 6.45) is 0. The maximum absolute atomic E-state index is 5.45. The third-order valence-electron chi connectivity index (χ3n) is 1.76. The molecule has 74 valence electrons. The van der Waals surface area contributed by atoms with Gasteiger partial charge in [0.2, 0.25) is 11.8 Å². The molecule has 0 atom stereocenters. The predicted molar refractivity (Wildman–Crippen MR) is 55.0 cm³/mol. The highest BCUT2D eigenvalue weighted by Gasteiger charge is 2.07. The minimum atomic E-state index is 0.596. The molecular weight excluding hydrogens is 198 g/mol. The van der Waals surface area contributed by atoms with Crippen molar-refractivity contribution in [2.24, 2.45) is 0 Å². The molecule has 2 rings (SSSR count). The summed E-state index contributed by atoms with van der Waals surface area (Å²) in [5, 5.41) is 15.0. The average Bonchev–Trinajstić information content (AvgIpc) is 2.85. The van der Waals surface area contributed by atoms with Crippen LogP contribution >= 0.6 is 11.3 Å². The molecule has 0 aliphatic rings. The van der Waals surface area contributed by atoms with Crippen molar-refractivity contribution in [3.05, 3.63) is 22.7 Å². The van der Waals surface area contributed by atoms with Crippen LogP contribution in [0.2, 0.25) is 0 Å². The van der Waals surface area contributed by atoms with Crippen LogP contribution in [-0.4, -0.2) is 16.7 Å². The third kappa shape index (κ3) is 2.00. The second-order valence-electron chi connectivity index (χ2n) is 2.79. The molecule has 5 heteroatoms. The van der Waals surface area contributed by atoms with Crippen molar-refractivity contribution in [2.45, 2.75) is 13.5 Å². The molecule has 0 radical (unpaired) electrons. The zero-order valence-corrected chi connectivity index (χ0v) is 8.67. The van der Waals surface area contributed by atoms with Crippen molar-refractivity contribution < 1.29 is 4.42 Å². The largest absolute Gasteiger partial charge is 0.419 e. The van der Waals surface area contributed by atoms with Crippen LogP contribution in [0.15, 0.2) is 21.2 Å². The van der Waals surface area contributed by atoms with Gasteiger partial charge in [0.1, 0.15) is 0 Å². The van der Waals surface area contributed by atoms with E-state index in [-0.39, 0.29) is 0 Å². The Morgan fingerprint density at radius 1 is 1.50 bits per heavy atom. The molecule has 0 amide bonds. The SMILES string of the molecule is CCNCc1nnc(-c2ccsc2)o1. The zero-order chi connectivity index (χ0) is 9.80. The maximum atomic E-state index is 5.45. The third-order valence-corrected chi connectivity index (χ3v) is 2.44. The molecule has 0 saturated carbocycles. The lowest BCUT2D eigenvalue weighted by Gasteiger charge is -1.93. The second kappa shape index (κ2) is 4.34. The first-order valence-corrected chi connectivity index (χ1v) is 5.40. The predicted octanol–water partition coefficient (Wildman–Crippen LogP) is 1.91. The number of rotatable bonds is 4. The molecule has 2 aromatic heterocycles. The molecule has 0 aliphatic heterocycles. The smallest absolute Gasteiger partial charge is 0.248 e. The lowest BCUT2D eigenvalue weighted by atomic mass is 10.3. The van der Waals surface area contributed by atoms with E-state index in [0.29, 0.717) is 18.3 Å². The van der Waals surface area contributed by atoms with Crippen LogP contribution in [0.1, 0.15) is 12.8 Å². The van der Waals surface area contributed by atoms with Crippen LogP contribution in [0.3, 0.4) is 0 Å². The van der Waals surface area contributed by atoms with Crippen LogP contribution in [0.5, 0.6) is 0 Å². The first-order valence-electron chi connectivity index (χ1n) is 4.46. The van der Waals surface area contributed by atoms with Gasteiger partial charge >= 0.3 is 0 Å². The Morgan fingerprint density at radius 3 is 3.14 bits per heavy atom. The minimum absolute atomic E-state index is 0.596. The lowest BCUT2D eigenvalue weighted by molar-refractivity contribution is 0.482. The molecule has 4 nitrogen and oxygen atoms in total. The van der Waals surface area contributed by atoms with E-state index in [4.69, 9.17) is 4.42 Å². The molecule has 2 heterocycles. The van der Waals surface area contributed by atoms with Crippen molar-refractivity contribution >= 4 is 11.3 Å². The van der Waals surface area contributed by atoms with Crippen molar-refractivity contribution in [3.63, 3.8) is 0 Å². The molecule has 1 N–H and O–H groups in total. The maximum Gasteiger partial charge on any atom is 0.248 e. The van der Waals surface area contributed by atoms with Crippen LogP contribution < -0.4 is 5.32 Å². The van der Waals surface area contributed by atoms with E-state index < -0.39 is 0 Å². The van der Waals surface area contributed by atoms with Gasteiger partial charge in [0.25, 0.3) is 0 Å². The highest BCUT2D eigenvalue weighted by Crippen LogP contribution is 2.20. The summed E-state index contributed by atoms with van der Waals surface area (Å²) in [7, 11) is 0. The van der Waals surface area contributed by atoms with Gasteiger partial charge in [-0.1, -0.05) is 6.92 Å². The fraction of sp³-hybridized carbons (Fsp3) is 0.333. The first kappa shape index (κ1) is 9.36. The number of hydrogen-bond donors (Lipinski definition) is 1. The first-order chi connectivity index (χ1) is 6.90. The molecule has 0 aliphatic carbocycles. The van der Waals surface area contributed by atoms with E-state index in [1.54, 1.807) is 11.3 Å². The van der Waals surface area contributed by atoms with Crippen molar-refractivity contribution in [1.29, 1.82) is 0 Å². The van der Waals surface area contributed by atoms with Crippen molar-refractivity contribution in [3.8, 4) is 11.5 Å². The van der Waals surface area contributed by atoms with Crippen LogP contribution in [0.25, 0.3) is 11.5 Å². The van der Waals surface area contributed by atoms with E-state index in [1.165, 1.54) is 0 Å². The molecule has 14 heavy (non-hydrogen) atoms. The Morgan fingerprint density at radius 2 is 2.43 bits per heavy atom. The van der Waals surface area contributed by atoms with Crippen molar-refractivity contribution in [1.82, 2.24) is 15.5 Å². The lowest BCUT2D eigenvalue weighted by Crippen LogP contribution is -2.11. The Labute approximate surface area is 86.0 Å². The van der Waals surface area contributed by atoms with Crippen LogP contribution in [-0.2, 0) is 6.54 Å². The van der Waals surface area contributed by atoms with Gasteiger partial charge in [-0.2, -0.15) is 11.3 Å². The fourth-order valence-corrected chi connectivity index (χ4v) is 1.69. The summed E-state index contributed by atoms with van der Waals surface area (Å²) in [5.74, 6) is 1.23. The van der Waals surface area contributed by atoms with E-state index in [1.807, 2.05) is 23.8 Å². The summed E-state index contributed by atoms with van der Waals surface area (Å²) >= 11 is 1.62. The standard InChI is InChI=1S/C9H11N3OS/c1-2-10-5-8-11-12-9(13-8)7-3-4-14-6-7/h3-4,6,10H,2,5H2,1H3. The molecule has 0 bridgehead atoms. The molecule has 0 fully saturated rings. The summed E-state index contributed by atoms with van der Waals surface area (Å²) in [6.45, 7) is 3.57. The Bertz CT molecular complexity index is 382. The molecule has 0 saturated heterocycles. The molecule has 0 spiro atoms. The second-order valence-corrected chi connectivity index (χ2v) is 3.57. The summed E-state index contributed by atoms with van der Waals surface area (Å²) in [5.41, 5.74) is 0.991. The Balaban J connectivity index is 2.10. The topological polar surface area (TPSA) is 51.0 Å². The van der Waals surface area contributed by atoms with E-state index in [2.05, 4.69) is 15.5 Å². The van der Waals surface area contributed by atoms with Crippen molar-refractivity contribution in [2.75, 3.05) is 6.54 Å². The van der Waals surface area contributed by atoms with Gasteiger partial charge in [-0.15, -0.1) is 10.2 Å². The molecular formula is C9H11N3OS. The van der Waals surface area contributed by atoms with Crippen LogP contribution in [0, 0.1) is 0 Å². The van der Waals surface area contributed by atoms with Gasteiger partial charge in [-0.05, 0) is 18.0 Å². The number of hydrogen-bond acceptors (Lipinski definition) is 5. The molecule has 0 unspecified atom stereocenters. The Kier molecular flexibility index (Phi) is 2.90. The molecule has 0 aromatic carbocycles. The van der Waals surface area contributed by atoms with E-state index >= 15 is 0 Å². The summed E-state index contributed by atoms with van der Waals surface area (Å²) < 4.78 is 5.45. The summed E-state index contributed by atoms with van der Waals surface area (Å²) in [4.78, 5) is 0. The van der Waals surface area contributed by atoms with Gasteiger partial charge in [-0.25, -0.2) is 0 Å². The average molecular weight is 209 g/mol. The Hall–Kier alpha value is -1.20. The minimum Gasteiger partial charge on any atom is -0.419 e. The van der Waals surface area contributed by atoms with E-state index in [0.717, 1.165) is 12.1 Å². The quantitative estimate of drug-likeness (QED) is 0.835. The highest BCUT2D eigenvalue weighted by molar-refractivity contribution is 7.08. The normalized spacial score (nSPS) is 10.6. The van der Waals surface area contributed by atoms with Gasteiger partial charge in [0, 0.05) is 10.9 Å². The van der Waals surface area contributed by atoms with Gasteiger partial charge in [0.05, 0.1) is 6.54 Å². The monoisotopic (exact) mass is 209 g/mol. The van der Waals surface area contributed by atoms with Gasteiger partial charge in [-0.3, -0.25) is 0 Å². The van der Waals surface area contributed by atoms with Gasteiger partial charge < -0.3 is 9.73 Å². The number of nitrogens with zero attached hydrogens (tertiary/aromatic N) is 2. The number of aromatic nitrogens is 2. The highest BCUT2D eigenvalue weighted by atomic mass is 32.1. The van der Waals surface area contributed by atoms with Gasteiger partial charge in [0.15, 0.2) is 0 Å². The summed E-state index contributed by atoms with van der Waals surface area (Å²) in [6, 6.07) is 1.97. The van der Waals surface area contributed by atoms with E-state index in [9.17, 15) is 0 Å². The number of nitrogens with one attached hydrogen (secondary N) is 1. The molecule has 2 aromatic rings.